The van der Waals surface area contributed by atoms with Gasteiger partial charge in [0.05, 0.1) is 21.5 Å². The van der Waals surface area contributed by atoms with E-state index in [1.165, 1.54) is 31.3 Å². The maximum absolute atomic E-state index is 14.3. The Balaban J connectivity index is 1.31. The Bertz CT molecular complexity index is 1460. The van der Waals surface area contributed by atoms with Gasteiger partial charge in [-0.3, -0.25) is 20.0 Å². The number of likely N-dealkylation sites (tertiary alicyclic amines) is 1. The van der Waals surface area contributed by atoms with Gasteiger partial charge in [-0.1, -0.05) is 12.1 Å². The van der Waals surface area contributed by atoms with E-state index in [0.29, 0.717) is 39.7 Å². The molecule has 1 atom stereocenters. The Kier molecular flexibility index (Phi) is 5.65. The van der Waals surface area contributed by atoms with Gasteiger partial charge in [-0.05, 0) is 43.5 Å². The quantitative estimate of drug-likeness (QED) is 0.284. The summed E-state index contributed by atoms with van der Waals surface area (Å²) in [6.07, 6.45) is 6.14. The Labute approximate surface area is 206 Å². The predicted octanol–water partition coefficient (Wildman–Crippen LogP) is 5.10. The normalized spacial score (nSPS) is 17.9. The molecule has 1 saturated heterocycles. The molecule has 1 aliphatic heterocycles. The average Bonchev–Trinajstić information content (AvgIpc) is 3.63. The first-order valence-corrected chi connectivity index (χ1v) is 11.9. The lowest BCUT2D eigenvalue weighted by Gasteiger charge is -2.17. The van der Waals surface area contributed by atoms with E-state index in [1.54, 1.807) is 42.6 Å². The lowest BCUT2D eigenvalue weighted by molar-refractivity contribution is -0.385. The van der Waals surface area contributed by atoms with E-state index < -0.39 is 4.92 Å². The molecule has 2 aromatic carbocycles. The molecule has 0 amide bonds. The molecule has 2 aliphatic rings. The van der Waals surface area contributed by atoms with Gasteiger partial charge in [-0.2, -0.15) is 0 Å². The highest BCUT2D eigenvalue weighted by Gasteiger charge is 2.36. The highest BCUT2D eigenvalue weighted by atomic mass is 19.1. The molecule has 2 aromatic heterocycles. The maximum atomic E-state index is 14.3. The number of nitrogens with one attached hydrogen (secondary N) is 1. The molecule has 3 heterocycles. The molecule has 1 aliphatic carbocycles. The van der Waals surface area contributed by atoms with E-state index in [2.05, 4.69) is 25.2 Å². The smallest absolute Gasteiger partial charge is 0.311 e. The summed E-state index contributed by atoms with van der Waals surface area (Å²) in [7, 11) is 0. The number of halogens is 1. The minimum absolute atomic E-state index is 0.0881. The van der Waals surface area contributed by atoms with E-state index in [9.17, 15) is 14.5 Å². The zero-order valence-corrected chi connectivity index (χ0v) is 19.3. The van der Waals surface area contributed by atoms with Gasteiger partial charge < -0.3 is 10.1 Å². The third-order valence-corrected chi connectivity index (χ3v) is 6.62. The van der Waals surface area contributed by atoms with Crippen LogP contribution in [0.3, 0.4) is 0 Å². The molecule has 1 saturated carbocycles. The molecule has 0 spiro atoms. The van der Waals surface area contributed by atoms with Crippen molar-refractivity contribution in [3.05, 3.63) is 77.0 Å². The minimum Gasteiger partial charge on any atom is -0.482 e. The van der Waals surface area contributed by atoms with Crippen LogP contribution in [0.15, 0.2) is 61.1 Å². The van der Waals surface area contributed by atoms with Crippen LogP contribution in [0.25, 0.3) is 22.2 Å². The number of ether oxygens (including phenoxy) is 1. The Morgan fingerprint density at radius 1 is 1.08 bits per heavy atom. The van der Waals surface area contributed by atoms with Gasteiger partial charge in [0.1, 0.15) is 24.1 Å². The molecule has 1 N–H and O–H groups in total. The Morgan fingerprint density at radius 3 is 2.75 bits per heavy atom. The summed E-state index contributed by atoms with van der Waals surface area (Å²) >= 11 is 0. The van der Waals surface area contributed by atoms with Gasteiger partial charge in [0.15, 0.2) is 5.75 Å². The van der Waals surface area contributed by atoms with Crippen molar-refractivity contribution in [2.75, 3.05) is 18.4 Å². The molecule has 0 unspecified atom stereocenters. The number of pyridine rings is 1. The number of nitrogens with zero attached hydrogens (tertiary/aromatic N) is 5. The van der Waals surface area contributed by atoms with Crippen molar-refractivity contribution in [2.24, 2.45) is 0 Å². The van der Waals surface area contributed by atoms with Crippen molar-refractivity contribution in [2.45, 2.75) is 31.4 Å². The lowest BCUT2D eigenvalue weighted by atomic mass is 10.1. The standard InChI is InChI=1S/C26H23FN6O3/c27-21-4-2-1-3-19(21)22-11-16(7-9-28-22)31-26-20-12-24(33(34)35)25(13-23(20)29-15-30-26)36-18-8-10-32(14-18)17-5-6-17/h1-4,7,9,11-13,15,17-18H,5-6,8,10,14H2,(H,28,29,30,31)/t18-/m1/s1. The molecule has 6 rings (SSSR count). The van der Waals surface area contributed by atoms with Gasteiger partial charge >= 0.3 is 5.69 Å². The van der Waals surface area contributed by atoms with Crippen molar-refractivity contribution in [1.82, 2.24) is 19.9 Å². The zero-order valence-electron chi connectivity index (χ0n) is 19.3. The SMILES string of the molecule is O=[N+]([O-])c1cc2c(Nc3ccnc(-c4ccccc4F)c3)ncnc2cc1O[C@@H]1CCN(C2CC2)C1. The molecule has 182 valence electrons. The van der Waals surface area contributed by atoms with Crippen LogP contribution in [0.1, 0.15) is 19.3 Å². The largest absolute Gasteiger partial charge is 0.482 e. The van der Waals surface area contributed by atoms with Crippen LogP contribution in [0.4, 0.5) is 21.6 Å². The van der Waals surface area contributed by atoms with Gasteiger partial charge in [0, 0.05) is 48.7 Å². The van der Waals surface area contributed by atoms with Crippen LogP contribution in [0.5, 0.6) is 5.75 Å². The topological polar surface area (TPSA) is 106 Å². The summed E-state index contributed by atoms with van der Waals surface area (Å²) in [4.78, 5) is 26.8. The van der Waals surface area contributed by atoms with E-state index in [0.717, 1.165) is 19.5 Å². The van der Waals surface area contributed by atoms with Gasteiger partial charge in [-0.25, -0.2) is 14.4 Å². The number of aromatic nitrogens is 3. The lowest BCUT2D eigenvalue weighted by Crippen LogP contribution is -2.26. The molecule has 2 fully saturated rings. The second-order valence-electron chi connectivity index (χ2n) is 9.11. The van der Waals surface area contributed by atoms with Crippen molar-refractivity contribution >= 4 is 28.1 Å². The van der Waals surface area contributed by atoms with E-state index in [4.69, 9.17) is 4.74 Å². The van der Waals surface area contributed by atoms with Crippen molar-refractivity contribution in [1.29, 1.82) is 0 Å². The van der Waals surface area contributed by atoms with Crippen molar-refractivity contribution in [3.8, 4) is 17.0 Å². The van der Waals surface area contributed by atoms with Gasteiger partial charge in [0.25, 0.3) is 0 Å². The third kappa shape index (κ3) is 4.42. The number of nitro benzene ring substituents is 1. The number of anilines is 2. The molecule has 4 aromatic rings. The highest BCUT2D eigenvalue weighted by Crippen LogP contribution is 2.37. The van der Waals surface area contributed by atoms with Gasteiger partial charge in [0.2, 0.25) is 0 Å². The van der Waals surface area contributed by atoms with Crippen LogP contribution >= 0.6 is 0 Å². The van der Waals surface area contributed by atoms with Crippen LogP contribution in [-0.2, 0) is 0 Å². The summed E-state index contributed by atoms with van der Waals surface area (Å²) in [5, 5.41) is 15.6. The maximum Gasteiger partial charge on any atom is 0.311 e. The van der Waals surface area contributed by atoms with E-state index in [-0.39, 0.29) is 23.4 Å². The van der Waals surface area contributed by atoms with Crippen LogP contribution in [-0.4, -0.2) is 50.0 Å². The molecular formula is C26H23FN6O3. The van der Waals surface area contributed by atoms with Crippen molar-refractivity contribution in [3.63, 3.8) is 0 Å². The van der Waals surface area contributed by atoms with Crippen LogP contribution in [0, 0.1) is 15.9 Å². The summed E-state index contributed by atoms with van der Waals surface area (Å²) in [5.41, 5.74) is 1.83. The fourth-order valence-corrected chi connectivity index (χ4v) is 4.67. The average molecular weight is 487 g/mol. The number of nitro groups is 1. The first-order valence-electron chi connectivity index (χ1n) is 11.9. The second-order valence-corrected chi connectivity index (χ2v) is 9.11. The summed E-state index contributed by atoms with van der Waals surface area (Å²) in [6, 6.07) is 13.5. The highest BCUT2D eigenvalue weighted by molar-refractivity contribution is 5.94. The number of rotatable bonds is 7. The Hall–Kier alpha value is -4.18. The van der Waals surface area contributed by atoms with Crippen LogP contribution in [0.2, 0.25) is 0 Å². The number of benzene rings is 2. The first-order chi connectivity index (χ1) is 17.5. The number of hydrogen-bond acceptors (Lipinski definition) is 8. The number of fused-ring (bicyclic) bond motifs is 1. The minimum atomic E-state index is -0.443. The van der Waals surface area contributed by atoms with E-state index in [1.807, 2.05) is 0 Å². The molecule has 10 heteroatoms. The molecule has 0 bridgehead atoms. The van der Waals surface area contributed by atoms with Crippen molar-refractivity contribution < 1.29 is 14.1 Å². The zero-order chi connectivity index (χ0) is 24.6. The molecular weight excluding hydrogens is 463 g/mol. The fraction of sp³-hybridized carbons (Fsp3) is 0.269. The Morgan fingerprint density at radius 2 is 1.94 bits per heavy atom. The number of hydrogen-bond donors (Lipinski definition) is 1. The summed E-state index contributed by atoms with van der Waals surface area (Å²) in [6.45, 7) is 1.73. The molecule has 0 radical (unpaired) electrons. The van der Waals surface area contributed by atoms with Crippen LogP contribution < -0.4 is 10.1 Å². The van der Waals surface area contributed by atoms with Gasteiger partial charge in [-0.15, -0.1) is 0 Å². The summed E-state index contributed by atoms with van der Waals surface area (Å²) < 4.78 is 20.4. The molecule has 36 heavy (non-hydrogen) atoms. The fourth-order valence-electron chi connectivity index (χ4n) is 4.67. The molecule has 9 nitrogen and oxygen atoms in total. The third-order valence-electron chi connectivity index (χ3n) is 6.62. The first kappa shape index (κ1) is 22.3. The predicted molar refractivity (Wildman–Crippen MR) is 133 cm³/mol. The second kappa shape index (κ2) is 9.12. The monoisotopic (exact) mass is 486 g/mol. The summed E-state index contributed by atoms with van der Waals surface area (Å²) in [5.74, 6) is 0.229. The van der Waals surface area contributed by atoms with E-state index >= 15 is 0 Å².